The SMILES string of the molecule is Cc1cccc(N2CC(c3nc(-c4ccc5c(n4)CCCC5)no3)CC2=O)c1C. The Morgan fingerprint density at radius 2 is 1.93 bits per heavy atom. The maximum atomic E-state index is 12.7. The molecule has 1 aliphatic heterocycles. The van der Waals surface area contributed by atoms with Gasteiger partial charge in [-0.25, -0.2) is 4.98 Å². The number of hydrogen-bond acceptors (Lipinski definition) is 5. The zero-order valence-electron chi connectivity index (χ0n) is 16.8. The molecule has 2 aliphatic rings. The fourth-order valence-electron chi connectivity index (χ4n) is 4.35. The van der Waals surface area contributed by atoms with Gasteiger partial charge >= 0.3 is 0 Å². The number of anilines is 1. The minimum absolute atomic E-state index is 0.0929. The Kier molecular flexibility index (Phi) is 4.42. The first-order chi connectivity index (χ1) is 14.1. The average molecular weight is 388 g/mol. The van der Waals surface area contributed by atoms with Crippen LogP contribution in [0.1, 0.15) is 53.5 Å². The average Bonchev–Trinajstić information content (AvgIpc) is 3.37. The summed E-state index contributed by atoms with van der Waals surface area (Å²) >= 11 is 0. The second-order valence-corrected chi connectivity index (χ2v) is 8.09. The lowest BCUT2D eigenvalue weighted by Gasteiger charge is -2.19. The van der Waals surface area contributed by atoms with Crippen molar-refractivity contribution in [3.63, 3.8) is 0 Å². The van der Waals surface area contributed by atoms with Gasteiger partial charge in [-0.15, -0.1) is 0 Å². The van der Waals surface area contributed by atoms with Crippen LogP contribution in [0.25, 0.3) is 11.5 Å². The van der Waals surface area contributed by atoms with Crippen LogP contribution < -0.4 is 4.90 Å². The number of aryl methyl sites for hydroxylation is 3. The fraction of sp³-hybridized carbons (Fsp3) is 0.391. The monoisotopic (exact) mass is 388 g/mol. The molecule has 0 saturated carbocycles. The topological polar surface area (TPSA) is 72.1 Å². The number of fused-ring (bicyclic) bond motifs is 1. The summed E-state index contributed by atoms with van der Waals surface area (Å²) in [6, 6.07) is 10.2. The quantitative estimate of drug-likeness (QED) is 0.674. The summed E-state index contributed by atoms with van der Waals surface area (Å²) in [6.45, 7) is 4.67. The third kappa shape index (κ3) is 3.22. The van der Waals surface area contributed by atoms with Crippen LogP contribution in [0.4, 0.5) is 5.69 Å². The number of amides is 1. The van der Waals surface area contributed by atoms with Crippen molar-refractivity contribution in [1.29, 1.82) is 0 Å². The molecule has 148 valence electrons. The zero-order valence-corrected chi connectivity index (χ0v) is 16.8. The lowest BCUT2D eigenvalue weighted by atomic mass is 9.96. The van der Waals surface area contributed by atoms with Crippen molar-refractivity contribution in [2.75, 3.05) is 11.4 Å². The van der Waals surface area contributed by atoms with Gasteiger partial charge in [0.25, 0.3) is 0 Å². The molecule has 1 aliphatic carbocycles. The van der Waals surface area contributed by atoms with E-state index in [1.807, 2.05) is 23.1 Å². The van der Waals surface area contributed by atoms with Crippen molar-refractivity contribution in [3.05, 3.63) is 58.6 Å². The molecule has 6 nitrogen and oxygen atoms in total. The molecule has 0 spiro atoms. The Morgan fingerprint density at radius 3 is 2.83 bits per heavy atom. The van der Waals surface area contributed by atoms with E-state index in [0.717, 1.165) is 35.5 Å². The highest BCUT2D eigenvalue weighted by Crippen LogP contribution is 2.34. The van der Waals surface area contributed by atoms with Gasteiger partial charge in [0, 0.05) is 24.3 Å². The summed E-state index contributed by atoms with van der Waals surface area (Å²) in [4.78, 5) is 23.9. The van der Waals surface area contributed by atoms with Crippen LogP contribution in [0.15, 0.2) is 34.9 Å². The van der Waals surface area contributed by atoms with Gasteiger partial charge in [0.2, 0.25) is 17.6 Å². The number of pyridine rings is 1. The Bertz CT molecular complexity index is 1090. The van der Waals surface area contributed by atoms with Gasteiger partial charge < -0.3 is 9.42 Å². The summed E-state index contributed by atoms with van der Waals surface area (Å²) in [5.41, 5.74) is 6.50. The van der Waals surface area contributed by atoms with E-state index in [1.54, 1.807) is 0 Å². The molecule has 1 fully saturated rings. The van der Waals surface area contributed by atoms with E-state index < -0.39 is 0 Å². The summed E-state index contributed by atoms with van der Waals surface area (Å²) in [6.07, 6.45) is 4.90. The molecule has 0 N–H and O–H groups in total. The van der Waals surface area contributed by atoms with E-state index in [-0.39, 0.29) is 11.8 Å². The lowest BCUT2D eigenvalue weighted by Crippen LogP contribution is -2.25. The molecule has 3 heterocycles. The smallest absolute Gasteiger partial charge is 0.232 e. The van der Waals surface area contributed by atoms with Crippen LogP contribution in [0.3, 0.4) is 0 Å². The highest BCUT2D eigenvalue weighted by Gasteiger charge is 2.36. The van der Waals surface area contributed by atoms with Gasteiger partial charge in [-0.1, -0.05) is 23.4 Å². The summed E-state index contributed by atoms with van der Waals surface area (Å²) in [5.74, 6) is 1.02. The van der Waals surface area contributed by atoms with Gasteiger partial charge in [0.1, 0.15) is 5.69 Å². The normalized spacial score (nSPS) is 18.9. The predicted molar refractivity (Wildman–Crippen MR) is 110 cm³/mol. The maximum absolute atomic E-state index is 12.7. The summed E-state index contributed by atoms with van der Waals surface area (Å²) in [5, 5.41) is 4.16. The number of carbonyl (C=O) groups is 1. The molecule has 1 unspecified atom stereocenters. The first-order valence-corrected chi connectivity index (χ1v) is 10.3. The largest absolute Gasteiger partial charge is 0.339 e. The zero-order chi connectivity index (χ0) is 20.0. The van der Waals surface area contributed by atoms with Crippen LogP contribution in [0.2, 0.25) is 0 Å². The molecule has 5 rings (SSSR count). The third-order valence-electron chi connectivity index (χ3n) is 6.19. The van der Waals surface area contributed by atoms with Crippen molar-refractivity contribution < 1.29 is 9.32 Å². The summed E-state index contributed by atoms with van der Waals surface area (Å²) < 4.78 is 5.55. The maximum Gasteiger partial charge on any atom is 0.232 e. The lowest BCUT2D eigenvalue weighted by molar-refractivity contribution is -0.117. The number of rotatable bonds is 3. The molecule has 1 amide bonds. The molecular formula is C23H24N4O2. The van der Waals surface area contributed by atoms with Gasteiger partial charge in [-0.3, -0.25) is 4.79 Å². The van der Waals surface area contributed by atoms with Crippen LogP contribution in [-0.4, -0.2) is 27.6 Å². The van der Waals surface area contributed by atoms with Crippen LogP contribution in [0.5, 0.6) is 0 Å². The number of aromatic nitrogens is 3. The Labute approximate surface area is 170 Å². The van der Waals surface area contributed by atoms with Crippen molar-refractivity contribution >= 4 is 11.6 Å². The van der Waals surface area contributed by atoms with E-state index in [4.69, 9.17) is 9.51 Å². The van der Waals surface area contributed by atoms with E-state index in [2.05, 4.69) is 36.1 Å². The van der Waals surface area contributed by atoms with E-state index in [1.165, 1.54) is 24.0 Å². The minimum Gasteiger partial charge on any atom is -0.339 e. The van der Waals surface area contributed by atoms with Crippen molar-refractivity contribution in [1.82, 2.24) is 15.1 Å². The number of carbonyl (C=O) groups excluding carboxylic acids is 1. The molecule has 1 saturated heterocycles. The van der Waals surface area contributed by atoms with Crippen molar-refractivity contribution in [2.24, 2.45) is 0 Å². The Hall–Kier alpha value is -3.02. The summed E-state index contributed by atoms with van der Waals surface area (Å²) in [7, 11) is 0. The van der Waals surface area contributed by atoms with Gasteiger partial charge in [0.05, 0.1) is 5.92 Å². The fourth-order valence-corrected chi connectivity index (χ4v) is 4.35. The molecule has 6 heteroatoms. The van der Waals surface area contributed by atoms with Crippen molar-refractivity contribution in [2.45, 2.75) is 51.9 Å². The van der Waals surface area contributed by atoms with E-state index in [9.17, 15) is 4.79 Å². The molecule has 1 aromatic carbocycles. The molecular weight excluding hydrogens is 364 g/mol. The predicted octanol–water partition coefficient (Wildman–Crippen LogP) is 4.15. The number of hydrogen-bond donors (Lipinski definition) is 0. The molecule has 2 aromatic heterocycles. The first kappa shape index (κ1) is 18.0. The molecule has 29 heavy (non-hydrogen) atoms. The Morgan fingerprint density at radius 1 is 1.07 bits per heavy atom. The van der Waals surface area contributed by atoms with Gasteiger partial charge in [-0.2, -0.15) is 4.98 Å². The highest BCUT2D eigenvalue weighted by atomic mass is 16.5. The molecule has 0 radical (unpaired) electrons. The highest BCUT2D eigenvalue weighted by molar-refractivity contribution is 5.97. The van der Waals surface area contributed by atoms with Crippen molar-refractivity contribution in [3.8, 4) is 11.5 Å². The second-order valence-electron chi connectivity index (χ2n) is 8.09. The van der Waals surface area contributed by atoms with Crippen LogP contribution >= 0.6 is 0 Å². The van der Waals surface area contributed by atoms with Gasteiger partial charge in [0.15, 0.2) is 0 Å². The van der Waals surface area contributed by atoms with Gasteiger partial charge in [-0.05, 0) is 68.4 Å². The van der Waals surface area contributed by atoms with Crippen LogP contribution in [0, 0.1) is 13.8 Å². The number of benzene rings is 1. The number of nitrogens with zero attached hydrogens (tertiary/aromatic N) is 4. The van der Waals surface area contributed by atoms with Crippen LogP contribution in [-0.2, 0) is 17.6 Å². The standard InChI is InChI=1S/C23H24N4O2/c1-14-6-5-9-20(15(14)2)27-13-17(12-21(27)28)23-25-22(26-29-23)19-11-10-16-7-3-4-8-18(16)24-19/h5-6,9-11,17H,3-4,7-8,12-13H2,1-2H3. The first-order valence-electron chi connectivity index (χ1n) is 10.3. The van der Waals surface area contributed by atoms with E-state index >= 15 is 0 Å². The molecule has 1 atom stereocenters. The molecule has 0 bridgehead atoms. The third-order valence-corrected chi connectivity index (χ3v) is 6.19. The minimum atomic E-state index is -0.0960. The Balaban J connectivity index is 1.39. The second kappa shape index (κ2) is 7.10. The molecule has 3 aromatic rings. The van der Waals surface area contributed by atoms with E-state index in [0.29, 0.717) is 24.7 Å².